The first-order valence-electron chi connectivity index (χ1n) is 3.28. The maximum absolute atomic E-state index is 10.6. The van der Waals surface area contributed by atoms with Crippen molar-refractivity contribution in [2.45, 2.75) is 19.8 Å². The standard InChI is InChI=1S/C6H13NO3/c1-2-4-9-6(8)3-5-10-7/h2-5,7H2,1H3. The van der Waals surface area contributed by atoms with Crippen LogP contribution in [0.4, 0.5) is 0 Å². The molecule has 0 fully saturated rings. The minimum absolute atomic E-state index is 0.225. The Labute approximate surface area is 60.2 Å². The summed E-state index contributed by atoms with van der Waals surface area (Å²) in [5, 5.41) is 0. The highest BCUT2D eigenvalue weighted by molar-refractivity contribution is 5.69. The van der Waals surface area contributed by atoms with E-state index in [0.717, 1.165) is 6.42 Å². The summed E-state index contributed by atoms with van der Waals surface area (Å²) in [6, 6.07) is 0. The van der Waals surface area contributed by atoms with E-state index in [0.29, 0.717) is 6.61 Å². The Kier molecular flexibility index (Phi) is 6.11. The Hall–Kier alpha value is -0.610. The zero-order valence-electron chi connectivity index (χ0n) is 6.13. The number of hydrogen-bond donors (Lipinski definition) is 1. The molecule has 0 unspecified atom stereocenters. The molecular weight excluding hydrogens is 134 g/mol. The Bertz CT molecular complexity index is 85.0. The van der Waals surface area contributed by atoms with Crippen LogP contribution in [0.1, 0.15) is 19.8 Å². The number of ether oxygens (including phenoxy) is 1. The predicted molar refractivity (Wildman–Crippen MR) is 36.0 cm³/mol. The second-order valence-electron chi connectivity index (χ2n) is 1.84. The second kappa shape index (κ2) is 6.51. The third kappa shape index (κ3) is 5.53. The zero-order chi connectivity index (χ0) is 7.82. The van der Waals surface area contributed by atoms with Crippen molar-refractivity contribution >= 4 is 5.97 Å². The molecule has 0 aromatic rings. The van der Waals surface area contributed by atoms with Crippen molar-refractivity contribution in [1.29, 1.82) is 0 Å². The van der Waals surface area contributed by atoms with Gasteiger partial charge in [0.25, 0.3) is 0 Å². The molecule has 0 saturated carbocycles. The molecule has 0 aliphatic heterocycles. The minimum atomic E-state index is -0.257. The number of carbonyl (C=O) groups is 1. The van der Waals surface area contributed by atoms with E-state index in [9.17, 15) is 4.79 Å². The van der Waals surface area contributed by atoms with Crippen LogP contribution < -0.4 is 5.90 Å². The van der Waals surface area contributed by atoms with E-state index in [-0.39, 0.29) is 19.0 Å². The smallest absolute Gasteiger partial charge is 0.308 e. The summed E-state index contributed by atoms with van der Waals surface area (Å²) in [4.78, 5) is 14.8. The number of carbonyl (C=O) groups excluding carboxylic acids is 1. The first-order valence-corrected chi connectivity index (χ1v) is 3.28. The minimum Gasteiger partial charge on any atom is -0.466 e. The molecule has 4 heteroatoms. The molecule has 0 aliphatic rings. The van der Waals surface area contributed by atoms with E-state index in [4.69, 9.17) is 10.6 Å². The quantitative estimate of drug-likeness (QED) is 0.446. The van der Waals surface area contributed by atoms with Gasteiger partial charge in [-0.1, -0.05) is 6.92 Å². The van der Waals surface area contributed by atoms with Crippen molar-refractivity contribution in [3.05, 3.63) is 0 Å². The van der Waals surface area contributed by atoms with Crippen LogP contribution in [0.2, 0.25) is 0 Å². The molecule has 0 bridgehead atoms. The molecule has 10 heavy (non-hydrogen) atoms. The normalized spacial score (nSPS) is 9.40. The molecule has 2 N–H and O–H groups in total. The Morgan fingerprint density at radius 2 is 2.20 bits per heavy atom. The van der Waals surface area contributed by atoms with Gasteiger partial charge in [0.2, 0.25) is 0 Å². The molecule has 0 heterocycles. The van der Waals surface area contributed by atoms with Crippen LogP contribution in [0.25, 0.3) is 0 Å². The Morgan fingerprint density at radius 3 is 2.70 bits per heavy atom. The lowest BCUT2D eigenvalue weighted by Crippen LogP contribution is -2.10. The number of esters is 1. The molecule has 0 aromatic carbocycles. The Morgan fingerprint density at radius 1 is 1.50 bits per heavy atom. The van der Waals surface area contributed by atoms with E-state index in [1.165, 1.54) is 0 Å². The number of hydrogen-bond acceptors (Lipinski definition) is 4. The van der Waals surface area contributed by atoms with Crippen molar-refractivity contribution in [2.24, 2.45) is 5.90 Å². The average Bonchev–Trinajstić information content (AvgIpc) is 1.97. The van der Waals surface area contributed by atoms with E-state index in [2.05, 4.69) is 4.84 Å². The first kappa shape index (κ1) is 9.39. The van der Waals surface area contributed by atoms with E-state index in [1.54, 1.807) is 0 Å². The highest BCUT2D eigenvalue weighted by Crippen LogP contribution is 1.87. The van der Waals surface area contributed by atoms with Crippen molar-refractivity contribution in [2.75, 3.05) is 13.2 Å². The average molecular weight is 147 g/mol. The molecule has 0 amide bonds. The second-order valence-corrected chi connectivity index (χ2v) is 1.84. The Balaban J connectivity index is 3.09. The van der Waals surface area contributed by atoms with Gasteiger partial charge in [0.15, 0.2) is 0 Å². The molecule has 0 aromatic heterocycles. The lowest BCUT2D eigenvalue weighted by molar-refractivity contribution is -0.144. The topological polar surface area (TPSA) is 61.5 Å². The van der Waals surface area contributed by atoms with E-state index < -0.39 is 0 Å². The highest BCUT2D eigenvalue weighted by Gasteiger charge is 1.99. The lowest BCUT2D eigenvalue weighted by atomic mass is 10.4. The number of nitrogens with two attached hydrogens (primary N) is 1. The van der Waals surface area contributed by atoms with E-state index >= 15 is 0 Å². The summed E-state index contributed by atoms with van der Waals surface area (Å²) in [5.74, 6) is 4.44. The lowest BCUT2D eigenvalue weighted by Gasteiger charge is -2.00. The summed E-state index contributed by atoms with van der Waals surface area (Å²) < 4.78 is 4.72. The predicted octanol–water partition coefficient (Wildman–Crippen LogP) is 0.220. The first-order chi connectivity index (χ1) is 4.81. The van der Waals surface area contributed by atoms with Gasteiger partial charge in [-0.05, 0) is 6.42 Å². The summed E-state index contributed by atoms with van der Waals surface area (Å²) in [5.41, 5.74) is 0. The molecular formula is C6H13NO3. The molecule has 0 spiro atoms. The van der Waals surface area contributed by atoms with Gasteiger partial charge in [0.1, 0.15) is 0 Å². The number of rotatable bonds is 5. The summed E-state index contributed by atoms with van der Waals surface area (Å²) in [7, 11) is 0. The molecule has 60 valence electrons. The molecule has 0 atom stereocenters. The monoisotopic (exact) mass is 147 g/mol. The summed E-state index contributed by atoms with van der Waals surface area (Å²) >= 11 is 0. The van der Waals surface area contributed by atoms with Gasteiger partial charge < -0.3 is 9.57 Å². The fourth-order valence-corrected chi connectivity index (χ4v) is 0.430. The highest BCUT2D eigenvalue weighted by atomic mass is 16.6. The van der Waals surface area contributed by atoms with Gasteiger partial charge >= 0.3 is 5.97 Å². The van der Waals surface area contributed by atoms with Crippen LogP contribution in [0.3, 0.4) is 0 Å². The third-order valence-corrected chi connectivity index (χ3v) is 0.891. The third-order valence-electron chi connectivity index (χ3n) is 0.891. The van der Waals surface area contributed by atoms with E-state index in [1.807, 2.05) is 6.92 Å². The largest absolute Gasteiger partial charge is 0.466 e. The van der Waals surface area contributed by atoms with Crippen LogP contribution in [0, 0.1) is 0 Å². The summed E-state index contributed by atoms with van der Waals surface area (Å²) in [6.07, 6.45) is 1.08. The molecule has 0 rings (SSSR count). The maximum Gasteiger partial charge on any atom is 0.308 e. The molecule has 0 aliphatic carbocycles. The van der Waals surface area contributed by atoms with Crippen molar-refractivity contribution in [1.82, 2.24) is 0 Å². The van der Waals surface area contributed by atoms with Crippen LogP contribution in [-0.4, -0.2) is 19.2 Å². The fourth-order valence-electron chi connectivity index (χ4n) is 0.430. The van der Waals surface area contributed by atoms with Gasteiger partial charge in [0.05, 0.1) is 19.6 Å². The van der Waals surface area contributed by atoms with Crippen molar-refractivity contribution in [3.8, 4) is 0 Å². The maximum atomic E-state index is 10.6. The van der Waals surface area contributed by atoms with Crippen LogP contribution >= 0.6 is 0 Å². The zero-order valence-corrected chi connectivity index (χ0v) is 6.13. The van der Waals surface area contributed by atoms with Crippen molar-refractivity contribution in [3.63, 3.8) is 0 Å². The van der Waals surface area contributed by atoms with Crippen molar-refractivity contribution < 1.29 is 14.4 Å². The van der Waals surface area contributed by atoms with Crippen LogP contribution in [0.15, 0.2) is 0 Å². The molecule has 0 saturated heterocycles. The fraction of sp³-hybridized carbons (Fsp3) is 0.833. The van der Waals surface area contributed by atoms with Crippen LogP contribution in [-0.2, 0) is 14.4 Å². The summed E-state index contributed by atoms with van der Waals surface area (Å²) in [6.45, 7) is 2.64. The van der Waals surface area contributed by atoms with Gasteiger partial charge in [-0.25, -0.2) is 5.90 Å². The van der Waals surface area contributed by atoms with Gasteiger partial charge in [0, 0.05) is 0 Å². The van der Waals surface area contributed by atoms with Crippen LogP contribution in [0.5, 0.6) is 0 Å². The SMILES string of the molecule is CCCOC(=O)CCON. The molecule has 0 radical (unpaired) electrons. The molecule has 4 nitrogen and oxygen atoms in total. The van der Waals surface area contributed by atoms with Gasteiger partial charge in [-0.2, -0.15) is 0 Å². The van der Waals surface area contributed by atoms with Gasteiger partial charge in [-0.3, -0.25) is 4.79 Å². The van der Waals surface area contributed by atoms with Gasteiger partial charge in [-0.15, -0.1) is 0 Å².